The van der Waals surface area contributed by atoms with Gasteiger partial charge < -0.3 is 9.88 Å². The number of nitrogens with one attached hydrogen (secondary N) is 1. The molecule has 1 aromatic heterocycles. The van der Waals surface area contributed by atoms with Crippen LogP contribution in [0, 0.1) is 13.8 Å². The first kappa shape index (κ1) is 11.9. The smallest absolute Gasteiger partial charge is 0.194 e. The monoisotopic (exact) mass is 230 g/mol. The molecule has 0 radical (unpaired) electrons. The molecule has 0 saturated heterocycles. The third kappa shape index (κ3) is 2.11. The van der Waals surface area contributed by atoms with Gasteiger partial charge in [0.2, 0.25) is 0 Å². The van der Waals surface area contributed by atoms with Crippen molar-refractivity contribution in [1.82, 2.24) is 9.88 Å². The van der Waals surface area contributed by atoms with Crippen molar-refractivity contribution in [3.8, 4) is 0 Å². The molecule has 0 unspecified atom stereocenters. The van der Waals surface area contributed by atoms with Crippen LogP contribution in [0.5, 0.6) is 0 Å². The molecule has 0 aliphatic carbocycles. The van der Waals surface area contributed by atoms with Crippen LogP contribution >= 0.6 is 0 Å². The zero-order valence-electron chi connectivity index (χ0n) is 10.8. The normalized spacial score (nSPS) is 11.4. The number of aromatic nitrogens is 1. The molecular weight excluding hydrogens is 212 g/mol. The van der Waals surface area contributed by atoms with Crippen LogP contribution in [0.15, 0.2) is 23.0 Å². The van der Waals surface area contributed by atoms with E-state index in [1.165, 1.54) is 0 Å². The van der Waals surface area contributed by atoms with Gasteiger partial charge in [-0.25, -0.2) is 0 Å². The number of nitrogens with zero attached hydrogens (tertiary/aromatic N) is 1. The van der Waals surface area contributed by atoms with E-state index >= 15 is 0 Å². The molecule has 0 spiro atoms. The van der Waals surface area contributed by atoms with Crippen LogP contribution in [-0.4, -0.2) is 24.0 Å². The summed E-state index contributed by atoms with van der Waals surface area (Å²) in [6.45, 7) is 4.65. The van der Waals surface area contributed by atoms with Crippen LogP contribution in [0.3, 0.4) is 0 Å². The number of H-pyrrole nitrogens is 1. The zero-order valence-corrected chi connectivity index (χ0v) is 10.8. The minimum atomic E-state index is 0.147. The first-order chi connectivity index (χ1) is 8.00. The van der Waals surface area contributed by atoms with Crippen molar-refractivity contribution in [3.05, 3.63) is 45.2 Å². The average molecular weight is 230 g/mol. The predicted octanol–water partition coefficient (Wildman–Crippen LogP) is 2.21. The van der Waals surface area contributed by atoms with Gasteiger partial charge >= 0.3 is 0 Å². The number of fused-ring (bicyclic) bond motifs is 1. The number of hydrogen-bond acceptors (Lipinski definition) is 2. The molecule has 1 N–H and O–H groups in total. The fourth-order valence-corrected chi connectivity index (χ4v) is 2.13. The Morgan fingerprint density at radius 3 is 2.59 bits per heavy atom. The summed E-state index contributed by atoms with van der Waals surface area (Å²) < 4.78 is 0. The lowest BCUT2D eigenvalue weighted by Gasteiger charge is -2.13. The standard InChI is InChI=1S/C14H18N2O/c1-9-6-5-7-11-13(9)15-10(2)12(14(11)17)8-16(3)4/h5-7H,8H2,1-4H3,(H,15,17). The van der Waals surface area contributed by atoms with Gasteiger partial charge in [-0.2, -0.15) is 0 Å². The summed E-state index contributed by atoms with van der Waals surface area (Å²) in [5, 5.41) is 0.785. The number of pyridine rings is 1. The number of hydrogen-bond donors (Lipinski definition) is 1. The molecule has 2 aromatic rings. The molecule has 0 saturated carbocycles. The second-order valence-corrected chi connectivity index (χ2v) is 4.79. The van der Waals surface area contributed by atoms with E-state index in [2.05, 4.69) is 4.98 Å². The largest absolute Gasteiger partial charge is 0.358 e. The number of benzene rings is 1. The fourth-order valence-electron chi connectivity index (χ4n) is 2.13. The van der Waals surface area contributed by atoms with Crippen molar-refractivity contribution in [2.24, 2.45) is 0 Å². The number of aryl methyl sites for hydroxylation is 2. The molecule has 0 fully saturated rings. The Kier molecular flexibility index (Phi) is 3.03. The van der Waals surface area contributed by atoms with Gasteiger partial charge in [-0.3, -0.25) is 4.79 Å². The molecule has 0 atom stereocenters. The summed E-state index contributed by atoms with van der Waals surface area (Å²) >= 11 is 0. The van der Waals surface area contributed by atoms with Crippen molar-refractivity contribution in [1.29, 1.82) is 0 Å². The maximum absolute atomic E-state index is 12.4. The Hall–Kier alpha value is -1.61. The number of rotatable bonds is 2. The van der Waals surface area contributed by atoms with Gasteiger partial charge in [-0.1, -0.05) is 12.1 Å². The number of para-hydroxylation sites is 1. The van der Waals surface area contributed by atoms with E-state index in [9.17, 15) is 4.79 Å². The summed E-state index contributed by atoms with van der Waals surface area (Å²) in [7, 11) is 3.94. The lowest BCUT2D eigenvalue weighted by molar-refractivity contribution is 0.400. The predicted molar refractivity (Wildman–Crippen MR) is 71.4 cm³/mol. The molecule has 0 bridgehead atoms. The Bertz CT molecular complexity index is 611. The summed E-state index contributed by atoms with van der Waals surface area (Å²) in [6.07, 6.45) is 0. The lowest BCUT2D eigenvalue weighted by atomic mass is 10.1. The minimum Gasteiger partial charge on any atom is -0.358 e. The van der Waals surface area contributed by atoms with Crippen LogP contribution < -0.4 is 5.43 Å². The highest BCUT2D eigenvalue weighted by Gasteiger charge is 2.10. The zero-order chi connectivity index (χ0) is 12.6. The molecule has 0 aliphatic heterocycles. The summed E-state index contributed by atoms with van der Waals surface area (Å²) in [5.41, 5.74) is 4.03. The minimum absolute atomic E-state index is 0.147. The highest BCUT2D eigenvalue weighted by molar-refractivity contribution is 5.82. The molecular formula is C14H18N2O. The third-order valence-electron chi connectivity index (χ3n) is 3.03. The summed E-state index contributed by atoms with van der Waals surface area (Å²) in [5.74, 6) is 0. The Labute approximate surface area is 101 Å². The molecule has 0 aliphatic rings. The van der Waals surface area contributed by atoms with Crippen LogP contribution in [0.25, 0.3) is 10.9 Å². The van der Waals surface area contributed by atoms with E-state index in [4.69, 9.17) is 0 Å². The maximum atomic E-state index is 12.4. The number of aromatic amines is 1. The summed E-state index contributed by atoms with van der Waals surface area (Å²) in [4.78, 5) is 17.7. The average Bonchev–Trinajstić information content (AvgIpc) is 2.26. The van der Waals surface area contributed by atoms with Crippen LogP contribution in [0.4, 0.5) is 0 Å². The van der Waals surface area contributed by atoms with Crippen LogP contribution in [0.2, 0.25) is 0 Å². The SMILES string of the molecule is Cc1[nH]c2c(C)cccc2c(=O)c1CN(C)C. The molecule has 3 heteroatoms. The van der Waals surface area contributed by atoms with Gasteiger partial charge in [0.1, 0.15) is 0 Å². The van der Waals surface area contributed by atoms with E-state index in [1.54, 1.807) is 0 Å². The Morgan fingerprint density at radius 2 is 1.94 bits per heavy atom. The summed E-state index contributed by atoms with van der Waals surface area (Å²) in [6, 6.07) is 5.84. The van der Waals surface area contributed by atoms with Gasteiger partial charge in [0.05, 0.1) is 5.52 Å². The van der Waals surface area contributed by atoms with Gasteiger partial charge in [-0.05, 0) is 39.6 Å². The van der Waals surface area contributed by atoms with Gasteiger partial charge in [0.25, 0.3) is 0 Å². The molecule has 90 valence electrons. The van der Waals surface area contributed by atoms with Crippen molar-refractivity contribution in [2.75, 3.05) is 14.1 Å². The van der Waals surface area contributed by atoms with E-state index in [1.807, 2.05) is 51.0 Å². The lowest BCUT2D eigenvalue weighted by Crippen LogP contribution is -2.21. The van der Waals surface area contributed by atoms with Gasteiger partial charge in [-0.15, -0.1) is 0 Å². The highest BCUT2D eigenvalue weighted by Crippen LogP contribution is 2.15. The maximum Gasteiger partial charge on any atom is 0.194 e. The first-order valence-electron chi connectivity index (χ1n) is 5.76. The van der Waals surface area contributed by atoms with Crippen molar-refractivity contribution >= 4 is 10.9 Å². The molecule has 2 rings (SSSR count). The van der Waals surface area contributed by atoms with E-state index in [-0.39, 0.29) is 5.43 Å². The molecule has 1 heterocycles. The topological polar surface area (TPSA) is 36.1 Å². The highest BCUT2D eigenvalue weighted by atomic mass is 16.1. The second-order valence-electron chi connectivity index (χ2n) is 4.79. The van der Waals surface area contributed by atoms with E-state index < -0.39 is 0 Å². The first-order valence-corrected chi connectivity index (χ1v) is 5.76. The Morgan fingerprint density at radius 1 is 1.24 bits per heavy atom. The quantitative estimate of drug-likeness (QED) is 0.858. The van der Waals surface area contributed by atoms with Crippen LogP contribution in [0.1, 0.15) is 16.8 Å². The second kappa shape index (κ2) is 4.34. The fraction of sp³-hybridized carbons (Fsp3) is 0.357. The molecule has 1 aromatic carbocycles. The third-order valence-corrected chi connectivity index (χ3v) is 3.03. The molecule has 3 nitrogen and oxygen atoms in total. The molecule has 0 amide bonds. The van der Waals surface area contributed by atoms with Crippen molar-refractivity contribution in [2.45, 2.75) is 20.4 Å². The van der Waals surface area contributed by atoms with Gasteiger partial charge in [0, 0.05) is 23.2 Å². The van der Waals surface area contributed by atoms with E-state index in [0.717, 1.165) is 27.7 Å². The Balaban J connectivity index is 2.77. The van der Waals surface area contributed by atoms with E-state index in [0.29, 0.717) is 6.54 Å². The van der Waals surface area contributed by atoms with Crippen LogP contribution in [-0.2, 0) is 6.54 Å². The molecule has 17 heavy (non-hydrogen) atoms. The van der Waals surface area contributed by atoms with Crippen molar-refractivity contribution < 1.29 is 0 Å². The van der Waals surface area contributed by atoms with Gasteiger partial charge in [0.15, 0.2) is 5.43 Å². The van der Waals surface area contributed by atoms with Crippen molar-refractivity contribution in [3.63, 3.8) is 0 Å².